The molecule has 1 fully saturated rings. The molecule has 3 aromatic rings. The molecule has 10 nitrogen and oxygen atoms in total. The smallest absolute Gasteiger partial charge is 0.444 e. The van der Waals surface area contributed by atoms with Gasteiger partial charge in [0.05, 0.1) is 29.3 Å². The maximum Gasteiger partial charge on any atom is 0.458 e. The number of alkyl halides is 6. The van der Waals surface area contributed by atoms with Crippen LogP contribution in [0.15, 0.2) is 71.9 Å². The predicted molar refractivity (Wildman–Crippen MR) is 179 cm³/mol. The van der Waals surface area contributed by atoms with Gasteiger partial charge in [0.25, 0.3) is 5.91 Å². The number of rotatable bonds is 7. The first-order chi connectivity index (χ1) is 24.6. The quantitative estimate of drug-likeness (QED) is 0.217. The van der Waals surface area contributed by atoms with Crippen molar-refractivity contribution in [1.82, 2.24) is 4.90 Å². The van der Waals surface area contributed by atoms with E-state index in [9.17, 15) is 51.4 Å². The van der Waals surface area contributed by atoms with Crippen LogP contribution < -0.4 is 5.32 Å². The van der Waals surface area contributed by atoms with Crippen LogP contribution in [-0.2, 0) is 27.0 Å². The highest BCUT2D eigenvalue weighted by Crippen LogP contribution is 2.40. The summed E-state index contributed by atoms with van der Waals surface area (Å²) in [5, 5.41) is 37.0. The van der Waals surface area contributed by atoms with E-state index in [-0.39, 0.29) is 49.3 Å². The minimum Gasteiger partial charge on any atom is -0.444 e. The summed E-state index contributed by atoms with van der Waals surface area (Å²) in [6.07, 6.45) is -11.4. The average Bonchev–Trinajstić information content (AvgIpc) is 3.51. The molecule has 282 valence electrons. The van der Waals surface area contributed by atoms with Crippen molar-refractivity contribution >= 4 is 23.4 Å². The second-order valence-electron chi connectivity index (χ2n) is 14.0. The Balaban J connectivity index is 1.40. The van der Waals surface area contributed by atoms with Gasteiger partial charge in [0.1, 0.15) is 11.2 Å². The SMILES string of the molecule is CC(C)(C)OC(=O)N1CCC(C(O)(Cc2cccc(-c3ccc(C4=NOC(O)(C(F)(F)F)C4)cc3)c2)C(=O)Nc2ccc(C#N)c(C(F)(F)F)c2)CC1. The molecular formula is C37H36F6N4O6. The van der Waals surface area contributed by atoms with E-state index >= 15 is 0 Å². The highest BCUT2D eigenvalue weighted by molar-refractivity contribution is 6.02. The molecule has 0 spiro atoms. The topological polar surface area (TPSA) is 144 Å². The molecule has 2 aliphatic heterocycles. The van der Waals surface area contributed by atoms with Gasteiger partial charge < -0.3 is 30.0 Å². The Kier molecular flexibility index (Phi) is 10.6. The second-order valence-corrected chi connectivity index (χ2v) is 14.0. The summed E-state index contributed by atoms with van der Waals surface area (Å²) in [6, 6.07) is 17.1. The van der Waals surface area contributed by atoms with Gasteiger partial charge in [-0.3, -0.25) is 4.79 Å². The van der Waals surface area contributed by atoms with Crippen LogP contribution in [0.2, 0.25) is 0 Å². The van der Waals surface area contributed by atoms with E-state index in [1.807, 2.05) is 0 Å². The molecule has 3 N–H and O–H groups in total. The Morgan fingerprint density at radius 3 is 2.19 bits per heavy atom. The molecule has 0 aromatic heterocycles. The third kappa shape index (κ3) is 8.74. The molecule has 3 aromatic carbocycles. The number of carbonyl (C=O) groups excluding carboxylic acids is 2. The molecular weight excluding hydrogens is 710 g/mol. The second kappa shape index (κ2) is 14.4. The minimum atomic E-state index is -5.05. The van der Waals surface area contributed by atoms with Crippen molar-refractivity contribution in [2.75, 3.05) is 18.4 Å². The van der Waals surface area contributed by atoms with Gasteiger partial charge in [-0.05, 0) is 74.1 Å². The lowest BCUT2D eigenvalue weighted by Gasteiger charge is -2.41. The maximum absolute atomic E-state index is 14.0. The Labute approximate surface area is 300 Å². The van der Waals surface area contributed by atoms with E-state index in [1.165, 1.54) is 23.1 Å². The molecule has 0 saturated carbocycles. The van der Waals surface area contributed by atoms with Gasteiger partial charge in [-0.2, -0.15) is 31.6 Å². The Hall–Kier alpha value is -5.14. The number of oxime groups is 1. The van der Waals surface area contributed by atoms with Crippen molar-refractivity contribution < 1.29 is 55.7 Å². The Morgan fingerprint density at radius 1 is 0.981 bits per heavy atom. The van der Waals surface area contributed by atoms with E-state index < -0.39 is 64.8 Å². The lowest BCUT2D eigenvalue weighted by atomic mass is 9.76. The largest absolute Gasteiger partial charge is 0.458 e. The summed E-state index contributed by atoms with van der Waals surface area (Å²) in [5.74, 6) is -5.17. The van der Waals surface area contributed by atoms with Crippen molar-refractivity contribution in [1.29, 1.82) is 5.26 Å². The van der Waals surface area contributed by atoms with Crippen LogP contribution in [0.1, 0.15) is 62.3 Å². The number of halogens is 6. The number of hydrogen-bond donors (Lipinski definition) is 3. The fourth-order valence-electron chi connectivity index (χ4n) is 6.23. The van der Waals surface area contributed by atoms with Gasteiger partial charge in [0, 0.05) is 31.1 Å². The summed E-state index contributed by atoms with van der Waals surface area (Å²) in [7, 11) is 0. The fraction of sp³-hybridized carbons (Fsp3) is 0.405. The van der Waals surface area contributed by atoms with Crippen LogP contribution in [0.4, 0.5) is 36.8 Å². The zero-order valence-electron chi connectivity index (χ0n) is 28.8. The average molecular weight is 747 g/mol. The first kappa shape index (κ1) is 39.1. The summed E-state index contributed by atoms with van der Waals surface area (Å²) < 4.78 is 86.1. The zero-order valence-corrected chi connectivity index (χ0v) is 28.8. The van der Waals surface area contributed by atoms with E-state index in [2.05, 4.69) is 15.3 Å². The lowest BCUT2D eigenvalue weighted by molar-refractivity contribution is -0.355. The first-order valence-corrected chi connectivity index (χ1v) is 16.5. The number of likely N-dealkylation sites (tertiary alicyclic amines) is 1. The maximum atomic E-state index is 14.0. The number of benzene rings is 3. The van der Waals surface area contributed by atoms with Crippen LogP contribution in [-0.4, -0.2) is 69.1 Å². The van der Waals surface area contributed by atoms with E-state index in [0.29, 0.717) is 22.8 Å². The van der Waals surface area contributed by atoms with E-state index in [0.717, 1.165) is 12.1 Å². The number of ether oxygens (including phenoxy) is 1. The zero-order chi connectivity index (χ0) is 39.0. The summed E-state index contributed by atoms with van der Waals surface area (Å²) >= 11 is 0. The molecule has 1 saturated heterocycles. The van der Waals surface area contributed by atoms with Crippen LogP contribution in [0.3, 0.4) is 0 Å². The van der Waals surface area contributed by atoms with Gasteiger partial charge in [-0.25, -0.2) is 4.79 Å². The van der Waals surface area contributed by atoms with Crippen LogP contribution in [0.25, 0.3) is 11.1 Å². The third-order valence-electron chi connectivity index (χ3n) is 9.03. The van der Waals surface area contributed by atoms with Crippen molar-refractivity contribution in [3.8, 4) is 17.2 Å². The highest BCUT2D eigenvalue weighted by atomic mass is 19.4. The highest BCUT2D eigenvalue weighted by Gasteiger charge is 2.60. The number of amides is 2. The van der Waals surface area contributed by atoms with Gasteiger partial charge >= 0.3 is 24.2 Å². The predicted octanol–water partition coefficient (Wildman–Crippen LogP) is 7.18. The Bertz CT molecular complexity index is 1930. The standard InChI is InChI=1S/C37H36F6N4O6/c1-33(2,3)52-32(49)47-15-13-27(14-16-47)34(50,31(48)45-28-12-11-26(21-44)29(18-28)36(38,39)40)19-22-5-4-6-25(17-22)23-7-9-24(10-8-23)30-20-35(51,53-46-30)37(41,42)43/h4-12,17-18,27,50-51H,13-16,19-20H2,1-3H3,(H,45,48). The number of aliphatic hydroxyl groups is 2. The third-order valence-corrected chi connectivity index (χ3v) is 9.03. The fourth-order valence-corrected chi connectivity index (χ4v) is 6.23. The number of piperidine rings is 1. The number of carbonyl (C=O) groups is 2. The lowest BCUT2D eigenvalue weighted by Crippen LogP contribution is -2.55. The Morgan fingerprint density at radius 2 is 1.62 bits per heavy atom. The molecule has 2 aliphatic rings. The van der Waals surface area contributed by atoms with Crippen LogP contribution in [0.5, 0.6) is 0 Å². The number of nitrogens with one attached hydrogen (secondary N) is 1. The molecule has 53 heavy (non-hydrogen) atoms. The molecule has 2 amide bonds. The van der Waals surface area contributed by atoms with E-state index in [4.69, 9.17) is 4.74 Å². The summed E-state index contributed by atoms with van der Waals surface area (Å²) in [4.78, 5) is 32.4. The number of nitrogens with zero attached hydrogens (tertiary/aromatic N) is 3. The minimum absolute atomic E-state index is 0.108. The van der Waals surface area contributed by atoms with Crippen molar-refractivity contribution in [2.45, 2.75) is 75.8 Å². The molecule has 5 rings (SSSR count). The van der Waals surface area contributed by atoms with Crippen molar-refractivity contribution in [2.24, 2.45) is 11.1 Å². The number of nitriles is 1. The molecule has 0 bridgehead atoms. The normalized spacial score (nSPS) is 19.4. The van der Waals surface area contributed by atoms with Gasteiger partial charge in [0.15, 0.2) is 0 Å². The number of anilines is 1. The molecule has 2 heterocycles. The molecule has 0 radical (unpaired) electrons. The van der Waals surface area contributed by atoms with Crippen molar-refractivity contribution in [3.63, 3.8) is 0 Å². The van der Waals surface area contributed by atoms with Gasteiger partial charge in [0.2, 0.25) is 0 Å². The molecule has 2 unspecified atom stereocenters. The van der Waals surface area contributed by atoms with E-state index in [1.54, 1.807) is 57.2 Å². The summed E-state index contributed by atoms with van der Waals surface area (Å²) in [5.41, 5.74) is -3.27. The molecule has 0 aliphatic carbocycles. The van der Waals surface area contributed by atoms with Crippen molar-refractivity contribution in [3.05, 3.63) is 89.0 Å². The van der Waals surface area contributed by atoms with Gasteiger partial charge in [-0.15, -0.1) is 0 Å². The first-order valence-electron chi connectivity index (χ1n) is 16.5. The molecule has 16 heteroatoms. The molecule has 2 atom stereocenters. The number of hydrogen-bond acceptors (Lipinski definition) is 8. The summed E-state index contributed by atoms with van der Waals surface area (Å²) in [6.45, 7) is 5.41. The monoisotopic (exact) mass is 746 g/mol. The van der Waals surface area contributed by atoms with Gasteiger partial charge in [-0.1, -0.05) is 53.7 Å². The van der Waals surface area contributed by atoms with Crippen LogP contribution >= 0.6 is 0 Å². The van der Waals surface area contributed by atoms with Crippen LogP contribution in [0, 0.1) is 17.2 Å².